The zero-order valence-corrected chi connectivity index (χ0v) is 20.4. The maximum absolute atomic E-state index is 12.5. The van der Waals surface area contributed by atoms with Crippen LogP contribution < -0.4 is 0 Å². The molecule has 11 heteroatoms. The van der Waals surface area contributed by atoms with Crippen molar-refractivity contribution in [2.75, 3.05) is 7.11 Å². The van der Waals surface area contributed by atoms with Crippen LogP contribution in [0.25, 0.3) is 0 Å². The lowest BCUT2D eigenvalue weighted by atomic mass is 9.98. The summed E-state index contributed by atoms with van der Waals surface area (Å²) in [6, 6.07) is 18.4. The van der Waals surface area contributed by atoms with Gasteiger partial charge in [0.1, 0.15) is 18.3 Å². The molecule has 0 saturated carbocycles. The van der Waals surface area contributed by atoms with Gasteiger partial charge in [0.05, 0.1) is 20.3 Å². The fourth-order valence-corrected chi connectivity index (χ4v) is 3.44. The summed E-state index contributed by atoms with van der Waals surface area (Å²) in [5.41, 5.74) is 1.62. The van der Waals surface area contributed by atoms with Crippen LogP contribution in [0, 0.1) is 5.41 Å². The molecule has 0 amide bonds. The quantitative estimate of drug-likeness (QED) is 0.231. The van der Waals surface area contributed by atoms with Gasteiger partial charge in [-0.25, -0.2) is 4.79 Å². The molecule has 2 N–H and O–H groups in total. The van der Waals surface area contributed by atoms with E-state index in [0.29, 0.717) is 0 Å². The molecule has 1 aliphatic heterocycles. The third-order valence-corrected chi connectivity index (χ3v) is 5.53. The average Bonchev–Trinajstić information content (AvgIpc) is 2.83. The highest BCUT2D eigenvalue weighted by molar-refractivity contribution is 6.76. The number of halogens is 3. The van der Waals surface area contributed by atoms with E-state index in [-0.39, 0.29) is 13.2 Å². The number of carbonyl (C=O) groups excluding carboxylic acids is 1. The van der Waals surface area contributed by atoms with Crippen molar-refractivity contribution in [3.63, 3.8) is 0 Å². The minimum absolute atomic E-state index is 0.0706. The van der Waals surface area contributed by atoms with E-state index in [9.17, 15) is 9.90 Å². The predicted molar refractivity (Wildman–Crippen MR) is 126 cm³/mol. The van der Waals surface area contributed by atoms with Crippen LogP contribution in [0.2, 0.25) is 0 Å². The number of alkyl halides is 3. The molecule has 0 spiro atoms. The summed E-state index contributed by atoms with van der Waals surface area (Å²) in [7, 11) is 1.17. The van der Waals surface area contributed by atoms with Gasteiger partial charge in [-0.2, -0.15) is 0 Å². The number of rotatable bonds is 8. The van der Waals surface area contributed by atoms with E-state index >= 15 is 0 Å². The fraction of sp³-hybridized carbons (Fsp3) is 0.391. The number of ether oxygens (including phenoxy) is 5. The number of aliphatic hydroxyl groups is 1. The topological polar surface area (TPSA) is 107 Å². The van der Waals surface area contributed by atoms with Crippen molar-refractivity contribution in [1.82, 2.24) is 0 Å². The second kappa shape index (κ2) is 12.2. The van der Waals surface area contributed by atoms with Crippen molar-refractivity contribution in [1.29, 1.82) is 5.41 Å². The first-order valence-electron chi connectivity index (χ1n) is 10.3. The van der Waals surface area contributed by atoms with Gasteiger partial charge < -0.3 is 28.8 Å². The molecule has 3 rings (SSSR count). The standard InChI is InChI=1S/C23H24Cl3NO7/c1-30-20(29)19-17(31-12-14-8-4-2-5-9-14)16(28)18(32-13-15-10-6-3-7-11-15)21(33-19)34-22(27)23(24,25)26/h2-11,16-19,21,27-28H,12-13H2,1H3/t16?,17-,18?,19?,21-/m0/s1. The highest BCUT2D eigenvalue weighted by Crippen LogP contribution is 2.33. The van der Waals surface area contributed by atoms with Gasteiger partial charge in [0, 0.05) is 0 Å². The third-order valence-electron chi connectivity index (χ3n) is 5.02. The summed E-state index contributed by atoms with van der Waals surface area (Å²) in [6.07, 6.45) is -6.65. The molecule has 0 aliphatic carbocycles. The van der Waals surface area contributed by atoms with Gasteiger partial charge >= 0.3 is 5.97 Å². The van der Waals surface area contributed by atoms with Crippen LogP contribution in [-0.2, 0) is 41.7 Å². The van der Waals surface area contributed by atoms with Crippen molar-refractivity contribution in [2.45, 2.75) is 47.7 Å². The van der Waals surface area contributed by atoms with Crippen molar-refractivity contribution in [3.8, 4) is 0 Å². The van der Waals surface area contributed by atoms with E-state index in [0.717, 1.165) is 11.1 Å². The van der Waals surface area contributed by atoms with Gasteiger partial charge in [0.2, 0.25) is 12.2 Å². The van der Waals surface area contributed by atoms with Crippen molar-refractivity contribution < 1.29 is 33.6 Å². The Bertz CT molecular complexity index is 943. The molecular weight excluding hydrogens is 509 g/mol. The smallest absolute Gasteiger partial charge is 0.338 e. The molecule has 34 heavy (non-hydrogen) atoms. The van der Waals surface area contributed by atoms with Crippen LogP contribution in [0.5, 0.6) is 0 Å². The van der Waals surface area contributed by atoms with E-state index in [2.05, 4.69) is 0 Å². The SMILES string of the molecule is COC(=O)C1O[C@@H](OC(=N)C(Cl)(Cl)Cl)C(OCc2ccccc2)C(O)[C@@H]1OCc1ccccc1. The lowest BCUT2D eigenvalue weighted by molar-refractivity contribution is -0.295. The number of hydrogen-bond donors (Lipinski definition) is 2. The van der Waals surface area contributed by atoms with Gasteiger partial charge in [-0.05, 0) is 11.1 Å². The lowest BCUT2D eigenvalue weighted by Gasteiger charge is -2.43. The first-order chi connectivity index (χ1) is 16.2. The number of methoxy groups -OCH3 is 1. The number of nitrogens with one attached hydrogen (secondary N) is 1. The molecule has 1 aliphatic rings. The fourth-order valence-electron chi connectivity index (χ4n) is 3.31. The molecule has 0 radical (unpaired) electrons. The van der Waals surface area contributed by atoms with Crippen LogP contribution in [0.1, 0.15) is 11.1 Å². The van der Waals surface area contributed by atoms with Crippen molar-refractivity contribution >= 4 is 46.7 Å². The summed E-state index contributed by atoms with van der Waals surface area (Å²) >= 11 is 17.2. The van der Waals surface area contributed by atoms with Gasteiger partial charge in [-0.3, -0.25) is 5.41 Å². The molecule has 2 aromatic rings. The van der Waals surface area contributed by atoms with Crippen LogP contribution in [0.15, 0.2) is 60.7 Å². The summed E-state index contributed by atoms with van der Waals surface area (Å²) in [5, 5.41) is 19.1. The zero-order chi connectivity index (χ0) is 24.7. The number of hydrogen-bond acceptors (Lipinski definition) is 8. The Morgan fingerprint density at radius 3 is 1.94 bits per heavy atom. The molecule has 1 saturated heterocycles. The van der Waals surface area contributed by atoms with E-state index in [1.165, 1.54) is 7.11 Å². The molecule has 184 valence electrons. The summed E-state index contributed by atoms with van der Waals surface area (Å²) in [5.74, 6) is -1.58. The second-order valence-electron chi connectivity index (χ2n) is 7.41. The first kappa shape index (κ1) is 26.7. The van der Waals surface area contributed by atoms with Crippen molar-refractivity contribution in [2.24, 2.45) is 0 Å². The van der Waals surface area contributed by atoms with Gasteiger partial charge in [-0.15, -0.1) is 0 Å². The molecule has 2 aromatic carbocycles. The Labute approximate surface area is 212 Å². The van der Waals surface area contributed by atoms with E-state index in [1.54, 1.807) is 0 Å². The summed E-state index contributed by atoms with van der Waals surface area (Å²) in [4.78, 5) is 12.5. The summed E-state index contributed by atoms with van der Waals surface area (Å²) in [6.45, 7) is 0.154. The molecule has 1 heterocycles. The number of aliphatic hydroxyl groups excluding tert-OH is 1. The molecule has 1 fully saturated rings. The van der Waals surface area contributed by atoms with E-state index < -0.39 is 46.4 Å². The normalized spacial score (nSPS) is 24.9. The Balaban J connectivity index is 1.85. The zero-order valence-electron chi connectivity index (χ0n) is 18.1. The van der Waals surface area contributed by atoms with Crippen molar-refractivity contribution in [3.05, 3.63) is 71.8 Å². The Hall–Kier alpha value is -1.91. The number of carbonyl (C=O) groups is 1. The molecule has 5 atom stereocenters. The van der Waals surface area contributed by atoms with E-state index in [4.69, 9.17) is 63.9 Å². The maximum atomic E-state index is 12.5. The van der Waals surface area contributed by atoms with Crippen LogP contribution in [0.3, 0.4) is 0 Å². The average molecular weight is 533 g/mol. The monoisotopic (exact) mass is 531 g/mol. The number of benzene rings is 2. The minimum atomic E-state index is -2.19. The highest BCUT2D eigenvalue weighted by Gasteiger charge is 2.52. The largest absolute Gasteiger partial charge is 0.467 e. The first-order valence-corrected chi connectivity index (χ1v) is 11.4. The van der Waals surface area contributed by atoms with Gasteiger partial charge in [0.15, 0.2) is 6.10 Å². The van der Waals surface area contributed by atoms with Gasteiger partial charge in [0.25, 0.3) is 3.79 Å². The predicted octanol–water partition coefficient (Wildman–Crippen LogP) is 3.78. The van der Waals surface area contributed by atoms with Crippen LogP contribution in [-0.4, -0.2) is 58.6 Å². The maximum Gasteiger partial charge on any atom is 0.338 e. The number of esters is 1. The van der Waals surface area contributed by atoms with Crippen LogP contribution >= 0.6 is 34.8 Å². The highest BCUT2D eigenvalue weighted by atomic mass is 35.6. The molecule has 0 bridgehead atoms. The Morgan fingerprint density at radius 1 is 0.971 bits per heavy atom. The minimum Gasteiger partial charge on any atom is -0.467 e. The lowest BCUT2D eigenvalue weighted by Crippen LogP contribution is -2.62. The van der Waals surface area contributed by atoms with E-state index in [1.807, 2.05) is 60.7 Å². The molecule has 8 nitrogen and oxygen atoms in total. The summed E-state index contributed by atoms with van der Waals surface area (Å²) < 4.78 is 25.5. The third kappa shape index (κ3) is 7.05. The van der Waals surface area contributed by atoms with Crippen LogP contribution in [0.4, 0.5) is 0 Å². The Morgan fingerprint density at radius 2 is 1.47 bits per heavy atom. The Kier molecular flexibility index (Phi) is 9.56. The second-order valence-corrected chi connectivity index (χ2v) is 9.69. The van der Waals surface area contributed by atoms with Gasteiger partial charge in [-0.1, -0.05) is 95.5 Å². The molecule has 0 aromatic heterocycles. The molecular formula is C23H24Cl3NO7. The molecule has 3 unspecified atom stereocenters.